The molecule has 0 saturated carbocycles. The number of nitrogens with one attached hydrogen (secondary N) is 1. The molecule has 2 aromatic rings. The number of carbonyl (C=O) groups is 1. The van der Waals surface area contributed by atoms with Gasteiger partial charge in [0.2, 0.25) is 0 Å². The van der Waals surface area contributed by atoms with E-state index in [2.05, 4.69) is 11.4 Å². The SMILES string of the molecule is O=C(O)c1ccc(NCCC2=CCCC2)c2ccccc12. The average Bonchev–Trinajstić information content (AvgIpc) is 3.00. The zero-order chi connectivity index (χ0) is 14.7. The fourth-order valence-corrected chi connectivity index (χ4v) is 2.96. The van der Waals surface area contributed by atoms with E-state index >= 15 is 0 Å². The number of hydrogen-bond acceptors (Lipinski definition) is 2. The molecule has 21 heavy (non-hydrogen) atoms. The van der Waals surface area contributed by atoms with Gasteiger partial charge in [-0.25, -0.2) is 4.79 Å². The van der Waals surface area contributed by atoms with Crippen molar-refractivity contribution in [1.29, 1.82) is 0 Å². The van der Waals surface area contributed by atoms with Gasteiger partial charge in [0.15, 0.2) is 0 Å². The Morgan fingerprint density at radius 2 is 1.95 bits per heavy atom. The monoisotopic (exact) mass is 281 g/mol. The van der Waals surface area contributed by atoms with Crippen LogP contribution < -0.4 is 5.32 Å². The van der Waals surface area contributed by atoms with E-state index in [0.29, 0.717) is 5.56 Å². The van der Waals surface area contributed by atoms with Gasteiger partial charge in [-0.05, 0) is 43.2 Å². The maximum absolute atomic E-state index is 11.3. The zero-order valence-corrected chi connectivity index (χ0v) is 11.9. The molecule has 0 unspecified atom stereocenters. The lowest BCUT2D eigenvalue weighted by Crippen LogP contribution is -2.04. The van der Waals surface area contributed by atoms with Crippen molar-refractivity contribution in [3.8, 4) is 0 Å². The number of hydrogen-bond donors (Lipinski definition) is 2. The van der Waals surface area contributed by atoms with Gasteiger partial charge in [-0.3, -0.25) is 0 Å². The van der Waals surface area contributed by atoms with E-state index < -0.39 is 5.97 Å². The highest BCUT2D eigenvalue weighted by atomic mass is 16.4. The minimum Gasteiger partial charge on any atom is -0.478 e. The fraction of sp³-hybridized carbons (Fsp3) is 0.278. The minimum absolute atomic E-state index is 0.356. The summed E-state index contributed by atoms with van der Waals surface area (Å²) in [5.74, 6) is -0.881. The van der Waals surface area contributed by atoms with Crippen molar-refractivity contribution < 1.29 is 9.90 Å². The van der Waals surface area contributed by atoms with Gasteiger partial charge in [-0.2, -0.15) is 0 Å². The number of aromatic carboxylic acids is 1. The summed E-state index contributed by atoms with van der Waals surface area (Å²) in [7, 11) is 0. The van der Waals surface area contributed by atoms with Crippen molar-refractivity contribution >= 4 is 22.4 Å². The third kappa shape index (κ3) is 2.92. The molecule has 1 aliphatic carbocycles. The summed E-state index contributed by atoms with van der Waals surface area (Å²) in [5, 5.41) is 14.5. The first-order chi connectivity index (χ1) is 10.3. The number of rotatable bonds is 5. The molecule has 108 valence electrons. The lowest BCUT2D eigenvalue weighted by atomic mass is 10.0. The highest BCUT2D eigenvalue weighted by Crippen LogP contribution is 2.27. The second-order valence-electron chi connectivity index (χ2n) is 5.44. The first kappa shape index (κ1) is 13.7. The summed E-state index contributed by atoms with van der Waals surface area (Å²) >= 11 is 0. The molecular formula is C18H19NO2. The van der Waals surface area contributed by atoms with Gasteiger partial charge in [0.1, 0.15) is 0 Å². The van der Waals surface area contributed by atoms with Gasteiger partial charge in [0.05, 0.1) is 5.56 Å². The largest absolute Gasteiger partial charge is 0.478 e. The van der Waals surface area contributed by atoms with E-state index in [0.717, 1.165) is 29.4 Å². The number of anilines is 1. The second kappa shape index (κ2) is 6.00. The van der Waals surface area contributed by atoms with E-state index in [1.807, 2.05) is 30.3 Å². The molecule has 0 aliphatic heterocycles. The van der Waals surface area contributed by atoms with E-state index in [1.54, 1.807) is 6.07 Å². The predicted molar refractivity (Wildman–Crippen MR) is 85.9 cm³/mol. The van der Waals surface area contributed by atoms with E-state index in [9.17, 15) is 9.90 Å². The Hall–Kier alpha value is -2.29. The van der Waals surface area contributed by atoms with Crippen LogP contribution in [0, 0.1) is 0 Å². The van der Waals surface area contributed by atoms with Crippen LogP contribution in [0.5, 0.6) is 0 Å². The Kier molecular flexibility index (Phi) is 3.91. The zero-order valence-electron chi connectivity index (χ0n) is 11.9. The second-order valence-corrected chi connectivity index (χ2v) is 5.44. The van der Waals surface area contributed by atoms with E-state index in [-0.39, 0.29) is 0 Å². The van der Waals surface area contributed by atoms with Crippen LogP contribution >= 0.6 is 0 Å². The summed E-state index contributed by atoms with van der Waals surface area (Å²) in [4.78, 5) is 11.3. The van der Waals surface area contributed by atoms with Gasteiger partial charge in [-0.15, -0.1) is 0 Å². The van der Waals surface area contributed by atoms with Crippen LogP contribution in [0.3, 0.4) is 0 Å². The van der Waals surface area contributed by atoms with Crippen molar-refractivity contribution in [1.82, 2.24) is 0 Å². The first-order valence-electron chi connectivity index (χ1n) is 7.42. The summed E-state index contributed by atoms with van der Waals surface area (Å²) in [6.45, 7) is 0.891. The minimum atomic E-state index is -0.881. The Balaban J connectivity index is 1.82. The predicted octanol–water partition coefficient (Wildman–Crippen LogP) is 4.45. The van der Waals surface area contributed by atoms with Crippen molar-refractivity contribution in [3.05, 3.63) is 53.6 Å². The molecular weight excluding hydrogens is 262 g/mol. The number of benzene rings is 2. The molecule has 0 fully saturated rings. The lowest BCUT2D eigenvalue weighted by molar-refractivity contribution is 0.0699. The van der Waals surface area contributed by atoms with Crippen LogP contribution in [0.15, 0.2) is 48.0 Å². The third-order valence-corrected chi connectivity index (χ3v) is 4.05. The maximum atomic E-state index is 11.3. The number of carboxylic acid groups (broad SMARTS) is 1. The normalized spacial score (nSPS) is 14.2. The van der Waals surface area contributed by atoms with Crippen LogP contribution in [0.2, 0.25) is 0 Å². The maximum Gasteiger partial charge on any atom is 0.336 e. The molecule has 0 amide bonds. The summed E-state index contributed by atoms with van der Waals surface area (Å²) in [6, 6.07) is 11.2. The molecule has 0 aromatic heterocycles. The van der Waals surface area contributed by atoms with Gasteiger partial charge >= 0.3 is 5.97 Å². The standard InChI is InChI=1S/C18H19NO2/c20-18(21)16-9-10-17(15-8-4-3-7-14(15)16)19-12-11-13-5-1-2-6-13/h3-5,7-10,19H,1-2,6,11-12H2,(H,20,21). The van der Waals surface area contributed by atoms with Gasteiger partial charge in [0.25, 0.3) is 0 Å². The molecule has 0 atom stereocenters. The van der Waals surface area contributed by atoms with Crippen LogP contribution in [0.1, 0.15) is 36.0 Å². The van der Waals surface area contributed by atoms with Gasteiger partial charge in [-0.1, -0.05) is 35.9 Å². The molecule has 3 heteroatoms. The Bertz CT molecular complexity index is 703. The first-order valence-corrected chi connectivity index (χ1v) is 7.42. The van der Waals surface area contributed by atoms with Crippen molar-refractivity contribution in [2.24, 2.45) is 0 Å². The van der Waals surface area contributed by atoms with Crippen molar-refractivity contribution in [2.45, 2.75) is 25.7 Å². The smallest absolute Gasteiger partial charge is 0.336 e. The molecule has 1 aliphatic rings. The summed E-state index contributed by atoms with van der Waals surface area (Å²) in [5.41, 5.74) is 2.90. The van der Waals surface area contributed by atoms with Gasteiger partial charge < -0.3 is 10.4 Å². The Morgan fingerprint density at radius 1 is 1.14 bits per heavy atom. The quantitative estimate of drug-likeness (QED) is 0.796. The summed E-state index contributed by atoms with van der Waals surface area (Å²) < 4.78 is 0. The molecule has 0 bridgehead atoms. The summed E-state index contributed by atoms with van der Waals surface area (Å²) in [6.07, 6.45) is 7.12. The topological polar surface area (TPSA) is 49.3 Å². The molecule has 2 aromatic carbocycles. The average molecular weight is 281 g/mol. The van der Waals surface area contributed by atoms with Crippen LogP contribution in [0.4, 0.5) is 5.69 Å². The molecule has 0 spiro atoms. The lowest BCUT2D eigenvalue weighted by Gasteiger charge is -2.12. The highest BCUT2D eigenvalue weighted by molar-refractivity contribution is 6.07. The van der Waals surface area contributed by atoms with Crippen LogP contribution in [-0.4, -0.2) is 17.6 Å². The molecule has 0 radical (unpaired) electrons. The Labute approximate surface area is 124 Å². The van der Waals surface area contributed by atoms with E-state index in [1.165, 1.54) is 24.8 Å². The highest BCUT2D eigenvalue weighted by Gasteiger charge is 2.11. The van der Waals surface area contributed by atoms with Crippen LogP contribution in [0.25, 0.3) is 10.8 Å². The molecule has 0 heterocycles. The third-order valence-electron chi connectivity index (χ3n) is 4.05. The fourth-order valence-electron chi connectivity index (χ4n) is 2.96. The molecule has 3 rings (SSSR count). The van der Waals surface area contributed by atoms with Crippen LogP contribution in [-0.2, 0) is 0 Å². The number of allylic oxidation sites excluding steroid dienone is 1. The van der Waals surface area contributed by atoms with Crippen molar-refractivity contribution in [2.75, 3.05) is 11.9 Å². The number of fused-ring (bicyclic) bond motifs is 1. The van der Waals surface area contributed by atoms with E-state index in [4.69, 9.17) is 0 Å². The Morgan fingerprint density at radius 3 is 2.67 bits per heavy atom. The van der Waals surface area contributed by atoms with Crippen molar-refractivity contribution in [3.63, 3.8) is 0 Å². The van der Waals surface area contributed by atoms with Gasteiger partial charge in [0, 0.05) is 17.6 Å². The molecule has 2 N–H and O–H groups in total. The molecule has 0 saturated heterocycles. The number of carboxylic acids is 1. The molecule has 3 nitrogen and oxygen atoms in total.